The van der Waals surface area contributed by atoms with Crippen LogP contribution in [0.25, 0.3) is 0 Å². The second-order valence-electron chi connectivity index (χ2n) is 5.58. The van der Waals surface area contributed by atoms with E-state index in [1.807, 2.05) is 6.92 Å². The number of carbonyl (C=O) groups is 2. The summed E-state index contributed by atoms with van der Waals surface area (Å²) >= 11 is 0. The lowest BCUT2D eigenvalue weighted by Gasteiger charge is -2.12. The number of rotatable bonds is 4. The van der Waals surface area contributed by atoms with Crippen LogP contribution in [0.4, 0.5) is 0 Å². The van der Waals surface area contributed by atoms with E-state index >= 15 is 0 Å². The quantitative estimate of drug-likeness (QED) is 0.781. The van der Waals surface area contributed by atoms with Crippen LogP contribution < -0.4 is 10.9 Å². The molecule has 1 aliphatic carbocycles. The SMILES string of the molecule is C[C@H]1C[C@@H]1C(=O)NNC(=O)c1cccc(S(=O)(=O)N(C)C)c1. The van der Waals surface area contributed by atoms with Crippen molar-refractivity contribution in [3.63, 3.8) is 0 Å². The van der Waals surface area contributed by atoms with Crippen LogP contribution in [0.15, 0.2) is 29.2 Å². The van der Waals surface area contributed by atoms with Gasteiger partial charge in [-0.05, 0) is 30.5 Å². The summed E-state index contributed by atoms with van der Waals surface area (Å²) in [6.45, 7) is 1.96. The summed E-state index contributed by atoms with van der Waals surface area (Å²) in [5, 5.41) is 0. The van der Waals surface area contributed by atoms with Crippen molar-refractivity contribution in [3.05, 3.63) is 29.8 Å². The second kappa shape index (κ2) is 6.05. The van der Waals surface area contributed by atoms with Crippen LogP contribution in [0.5, 0.6) is 0 Å². The summed E-state index contributed by atoms with van der Waals surface area (Å²) in [6.07, 6.45) is 0.818. The van der Waals surface area contributed by atoms with E-state index in [-0.39, 0.29) is 22.3 Å². The van der Waals surface area contributed by atoms with Crippen molar-refractivity contribution in [2.75, 3.05) is 14.1 Å². The summed E-state index contributed by atoms with van der Waals surface area (Å²) in [4.78, 5) is 23.6. The van der Waals surface area contributed by atoms with Crippen molar-refractivity contribution in [3.8, 4) is 0 Å². The Hall–Kier alpha value is -1.93. The summed E-state index contributed by atoms with van der Waals surface area (Å²) in [6, 6.07) is 5.65. The fourth-order valence-corrected chi connectivity index (χ4v) is 2.93. The molecular formula is C14H19N3O4S. The molecule has 0 aromatic heterocycles. The lowest BCUT2D eigenvalue weighted by atomic mass is 10.2. The Morgan fingerprint density at radius 2 is 1.86 bits per heavy atom. The maximum absolute atomic E-state index is 12.0. The Kier molecular flexibility index (Phi) is 4.52. The zero-order chi connectivity index (χ0) is 16.5. The van der Waals surface area contributed by atoms with E-state index < -0.39 is 15.9 Å². The molecule has 2 atom stereocenters. The number of benzene rings is 1. The largest absolute Gasteiger partial charge is 0.273 e. The van der Waals surface area contributed by atoms with Crippen LogP contribution in [-0.2, 0) is 14.8 Å². The molecule has 0 aliphatic heterocycles. The molecule has 7 nitrogen and oxygen atoms in total. The van der Waals surface area contributed by atoms with Crippen molar-refractivity contribution in [2.24, 2.45) is 11.8 Å². The Labute approximate surface area is 129 Å². The van der Waals surface area contributed by atoms with Crippen LogP contribution in [0.1, 0.15) is 23.7 Å². The maximum Gasteiger partial charge on any atom is 0.269 e. The van der Waals surface area contributed by atoms with Gasteiger partial charge >= 0.3 is 0 Å². The molecule has 2 rings (SSSR count). The minimum Gasteiger partial charge on any atom is -0.273 e. The van der Waals surface area contributed by atoms with E-state index in [1.54, 1.807) is 0 Å². The van der Waals surface area contributed by atoms with Crippen molar-refractivity contribution in [2.45, 2.75) is 18.2 Å². The van der Waals surface area contributed by atoms with Crippen molar-refractivity contribution >= 4 is 21.8 Å². The minimum atomic E-state index is -3.61. The highest BCUT2D eigenvalue weighted by molar-refractivity contribution is 7.89. The van der Waals surface area contributed by atoms with E-state index in [4.69, 9.17) is 0 Å². The zero-order valence-electron chi connectivity index (χ0n) is 12.7. The van der Waals surface area contributed by atoms with Gasteiger partial charge in [0.2, 0.25) is 15.9 Å². The Balaban J connectivity index is 2.06. The van der Waals surface area contributed by atoms with Gasteiger partial charge in [0, 0.05) is 25.6 Å². The minimum absolute atomic E-state index is 0.0206. The Morgan fingerprint density at radius 3 is 2.41 bits per heavy atom. The average molecular weight is 325 g/mol. The van der Waals surface area contributed by atoms with Crippen molar-refractivity contribution in [1.82, 2.24) is 15.2 Å². The number of hydrogen-bond acceptors (Lipinski definition) is 4. The van der Waals surface area contributed by atoms with E-state index in [2.05, 4.69) is 10.9 Å². The van der Waals surface area contributed by atoms with Crippen LogP contribution >= 0.6 is 0 Å². The summed E-state index contributed by atoms with van der Waals surface area (Å²) < 4.78 is 25.1. The molecule has 1 aromatic carbocycles. The molecule has 8 heteroatoms. The molecule has 2 N–H and O–H groups in total. The first-order valence-electron chi connectivity index (χ1n) is 6.86. The number of carbonyl (C=O) groups excluding carboxylic acids is 2. The van der Waals surface area contributed by atoms with Gasteiger partial charge in [-0.1, -0.05) is 13.0 Å². The summed E-state index contributed by atoms with van der Waals surface area (Å²) in [5.74, 6) is -0.499. The lowest BCUT2D eigenvalue weighted by molar-refractivity contribution is -0.123. The molecule has 2 amide bonds. The van der Waals surface area contributed by atoms with Crippen LogP contribution in [0.2, 0.25) is 0 Å². The topological polar surface area (TPSA) is 95.6 Å². The predicted molar refractivity (Wildman–Crippen MR) is 80.2 cm³/mol. The number of hydrazine groups is 1. The molecule has 1 aromatic rings. The van der Waals surface area contributed by atoms with Crippen LogP contribution in [-0.4, -0.2) is 38.6 Å². The summed E-state index contributed by atoms with van der Waals surface area (Å²) in [7, 11) is -0.777. The number of sulfonamides is 1. The normalized spacial score (nSPS) is 20.5. The van der Waals surface area contributed by atoms with E-state index in [0.29, 0.717) is 5.92 Å². The fourth-order valence-electron chi connectivity index (χ4n) is 1.98. The molecule has 0 unspecified atom stereocenters. The number of nitrogens with one attached hydrogen (secondary N) is 2. The van der Waals surface area contributed by atoms with Crippen LogP contribution in [0, 0.1) is 11.8 Å². The van der Waals surface area contributed by atoms with Gasteiger partial charge < -0.3 is 0 Å². The van der Waals surface area contributed by atoms with E-state index in [1.165, 1.54) is 38.4 Å². The van der Waals surface area contributed by atoms with Gasteiger partial charge in [-0.25, -0.2) is 12.7 Å². The van der Waals surface area contributed by atoms with Crippen molar-refractivity contribution < 1.29 is 18.0 Å². The molecule has 1 aliphatic rings. The zero-order valence-corrected chi connectivity index (χ0v) is 13.5. The van der Waals surface area contributed by atoms with Gasteiger partial charge in [-0.2, -0.15) is 0 Å². The highest BCUT2D eigenvalue weighted by Crippen LogP contribution is 2.37. The van der Waals surface area contributed by atoms with Gasteiger partial charge in [0.1, 0.15) is 0 Å². The van der Waals surface area contributed by atoms with Gasteiger partial charge in [0.15, 0.2) is 0 Å². The Bertz CT molecular complexity index is 700. The third kappa shape index (κ3) is 3.45. The standard InChI is InChI=1S/C14H19N3O4S/c1-9-7-12(9)14(19)16-15-13(18)10-5-4-6-11(8-10)22(20,21)17(2)3/h4-6,8-9,12H,7H2,1-3H3,(H,15,18)(H,16,19)/t9-,12-/m0/s1. The average Bonchev–Trinajstić information content (AvgIpc) is 3.21. The molecule has 22 heavy (non-hydrogen) atoms. The molecule has 0 bridgehead atoms. The molecule has 120 valence electrons. The molecule has 0 radical (unpaired) electrons. The van der Waals surface area contributed by atoms with Crippen LogP contribution in [0.3, 0.4) is 0 Å². The van der Waals surface area contributed by atoms with Gasteiger partial charge in [-0.3, -0.25) is 20.4 Å². The first kappa shape index (κ1) is 16.4. The molecule has 1 saturated carbocycles. The van der Waals surface area contributed by atoms with E-state index in [9.17, 15) is 18.0 Å². The summed E-state index contributed by atoms with van der Waals surface area (Å²) in [5.41, 5.74) is 4.82. The van der Waals surface area contributed by atoms with Gasteiger partial charge in [-0.15, -0.1) is 0 Å². The first-order valence-corrected chi connectivity index (χ1v) is 8.30. The third-order valence-corrected chi connectivity index (χ3v) is 5.43. The maximum atomic E-state index is 12.0. The highest BCUT2D eigenvalue weighted by Gasteiger charge is 2.39. The smallest absolute Gasteiger partial charge is 0.269 e. The predicted octanol–water partition coefficient (Wildman–Crippen LogP) is 0.354. The third-order valence-electron chi connectivity index (χ3n) is 3.62. The number of hydrogen-bond donors (Lipinski definition) is 2. The van der Waals surface area contributed by atoms with Gasteiger partial charge in [0.25, 0.3) is 5.91 Å². The number of nitrogens with zero attached hydrogens (tertiary/aromatic N) is 1. The monoisotopic (exact) mass is 325 g/mol. The molecule has 0 heterocycles. The Morgan fingerprint density at radius 1 is 1.23 bits per heavy atom. The highest BCUT2D eigenvalue weighted by atomic mass is 32.2. The molecular weight excluding hydrogens is 306 g/mol. The molecule has 1 fully saturated rings. The number of amides is 2. The lowest BCUT2D eigenvalue weighted by Crippen LogP contribution is -2.42. The van der Waals surface area contributed by atoms with Gasteiger partial charge in [0.05, 0.1) is 4.90 Å². The van der Waals surface area contributed by atoms with Crippen molar-refractivity contribution in [1.29, 1.82) is 0 Å². The first-order chi connectivity index (χ1) is 10.2. The fraction of sp³-hybridized carbons (Fsp3) is 0.429. The molecule has 0 saturated heterocycles. The second-order valence-corrected chi connectivity index (χ2v) is 7.73. The van der Waals surface area contributed by atoms with E-state index in [0.717, 1.165) is 10.7 Å². The molecule has 0 spiro atoms.